The summed E-state index contributed by atoms with van der Waals surface area (Å²) in [6.07, 6.45) is 0. The number of hydrogen-bond acceptors (Lipinski definition) is 6. The molecule has 0 radical (unpaired) electrons. The van der Waals surface area contributed by atoms with Crippen molar-refractivity contribution in [1.82, 2.24) is 4.90 Å². The Balaban J connectivity index is 2.20. The molecule has 0 spiro atoms. The first-order valence-corrected chi connectivity index (χ1v) is 9.24. The summed E-state index contributed by atoms with van der Waals surface area (Å²) in [5.74, 6) is -0.552. The molecule has 1 aliphatic heterocycles. The summed E-state index contributed by atoms with van der Waals surface area (Å²) in [5, 5.41) is 11.1. The molecule has 1 aromatic heterocycles. The van der Waals surface area contributed by atoms with Gasteiger partial charge in [0.05, 0.1) is 23.3 Å². The fourth-order valence-corrected chi connectivity index (χ4v) is 4.31. The number of nitro benzene ring substituents is 1. The highest BCUT2D eigenvalue weighted by Gasteiger charge is 2.41. The van der Waals surface area contributed by atoms with E-state index in [1.807, 2.05) is 19.1 Å². The van der Waals surface area contributed by atoms with Crippen LogP contribution in [-0.4, -0.2) is 36.0 Å². The quantitative estimate of drug-likeness (QED) is 0.438. The van der Waals surface area contributed by atoms with Gasteiger partial charge in [0.15, 0.2) is 0 Å². The number of hydrogen-bond donors (Lipinski definition) is 0. The molecule has 0 saturated carbocycles. The van der Waals surface area contributed by atoms with Crippen LogP contribution >= 0.6 is 11.3 Å². The zero-order valence-corrected chi connectivity index (χ0v) is 16.6. The van der Waals surface area contributed by atoms with Crippen LogP contribution in [0, 0.1) is 17.0 Å². The summed E-state index contributed by atoms with van der Waals surface area (Å²) >= 11 is 1.49. The lowest BCUT2D eigenvalue weighted by Gasteiger charge is -2.40. The third-order valence-corrected chi connectivity index (χ3v) is 5.67. The smallest absolute Gasteiger partial charge is 0.338 e. The number of amides is 2. The number of nitrogens with zero attached hydrogens (tertiary/aromatic N) is 3. The lowest BCUT2D eigenvalue weighted by molar-refractivity contribution is -0.384. The van der Waals surface area contributed by atoms with Crippen molar-refractivity contribution >= 4 is 34.7 Å². The summed E-state index contributed by atoms with van der Waals surface area (Å²) in [6, 6.07) is 8.57. The number of anilines is 1. The minimum atomic E-state index is -0.589. The first-order chi connectivity index (χ1) is 13.3. The molecule has 0 bridgehead atoms. The largest absolute Gasteiger partial charge is 0.466 e. The van der Waals surface area contributed by atoms with Crippen molar-refractivity contribution in [3.05, 3.63) is 67.5 Å². The van der Waals surface area contributed by atoms with Gasteiger partial charge in [0.1, 0.15) is 6.04 Å². The number of methoxy groups -OCH3 is 1. The number of aryl methyl sites for hydroxylation is 1. The molecular weight excluding hydrogens is 382 g/mol. The third kappa shape index (κ3) is 3.24. The second-order valence-electron chi connectivity index (χ2n) is 6.35. The van der Waals surface area contributed by atoms with Gasteiger partial charge in [0.2, 0.25) is 0 Å². The van der Waals surface area contributed by atoms with E-state index in [0.29, 0.717) is 17.0 Å². The van der Waals surface area contributed by atoms with Crippen LogP contribution in [0.25, 0.3) is 0 Å². The molecule has 0 fully saturated rings. The van der Waals surface area contributed by atoms with Crippen molar-refractivity contribution < 1.29 is 19.2 Å². The second kappa shape index (κ2) is 7.43. The monoisotopic (exact) mass is 401 g/mol. The number of urea groups is 1. The van der Waals surface area contributed by atoms with E-state index in [9.17, 15) is 19.7 Å². The van der Waals surface area contributed by atoms with E-state index in [2.05, 4.69) is 0 Å². The Morgan fingerprint density at radius 2 is 1.96 bits per heavy atom. The maximum absolute atomic E-state index is 13.2. The fourth-order valence-electron chi connectivity index (χ4n) is 3.28. The minimum absolute atomic E-state index is 0.142. The molecule has 0 aliphatic carbocycles. The molecule has 1 aliphatic rings. The van der Waals surface area contributed by atoms with Crippen LogP contribution in [0.4, 0.5) is 16.2 Å². The normalized spacial score (nSPS) is 17.1. The Morgan fingerprint density at radius 1 is 1.25 bits per heavy atom. The Kier molecular flexibility index (Phi) is 5.19. The van der Waals surface area contributed by atoms with E-state index in [1.165, 1.54) is 46.4 Å². The zero-order chi connectivity index (χ0) is 20.6. The predicted molar refractivity (Wildman–Crippen MR) is 105 cm³/mol. The first kappa shape index (κ1) is 19.6. The van der Waals surface area contributed by atoms with E-state index in [0.717, 1.165) is 9.75 Å². The van der Waals surface area contributed by atoms with E-state index >= 15 is 0 Å². The maximum Gasteiger partial charge on any atom is 0.338 e. The molecule has 2 amide bonds. The summed E-state index contributed by atoms with van der Waals surface area (Å²) in [5.41, 5.74) is 0.867. The van der Waals surface area contributed by atoms with Crippen LogP contribution in [0.3, 0.4) is 0 Å². The second-order valence-corrected chi connectivity index (χ2v) is 7.67. The number of carbonyl (C=O) groups is 2. The van der Waals surface area contributed by atoms with Crippen molar-refractivity contribution in [3.63, 3.8) is 0 Å². The Bertz CT molecular complexity index is 997. The number of rotatable bonds is 4. The molecule has 28 heavy (non-hydrogen) atoms. The minimum Gasteiger partial charge on any atom is -0.466 e. The van der Waals surface area contributed by atoms with Crippen LogP contribution in [0.2, 0.25) is 0 Å². The SMILES string of the molecule is COC(=O)C1=C(C)N(c2cccc([N+](=O)[O-])c2)C(=O)N(C)[C@H]1c1ccc(C)s1. The van der Waals surface area contributed by atoms with Crippen molar-refractivity contribution in [2.45, 2.75) is 19.9 Å². The number of non-ortho nitro benzene ring substituents is 1. The summed E-state index contributed by atoms with van der Waals surface area (Å²) in [6.45, 7) is 3.59. The van der Waals surface area contributed by atoms with E-state index in [-0.39, 0.29) is 11.7 Å². The van der Waals surface area contributed by atoms with Crippen LogP contribution < -0.4 is 4.90 Å². The summed E-state index contributed by atoms with van der Waals surface area (Å²) in [4.78, 5) is 41.0. The van der Waals surface area contributed by atoms with Gasteiger partial charge in [-0.1, -0.05) is 6.07 Å². The number of esters is 1. The number of nitro groups is 1. The molecule has 0 unspecified atom stereocenters. The molecule has 0 N–H and O–H groups in total. The van der Waals surface area contributed by atoms with E-state index in [1.54, 1.807) is 20.0 Å². The number of likely N-dealkylation sites (N-methyl/N-ethyl adjacent to an activating group) is 1. The highest BCUT2D eigenvalue weighted by Crippen LogP contribution is 2.41. The standard InChI is InChI=1S/C19H19N3O5S/c1-11-8-9-15(28-11)17-16(18(23)27-4)12(2)21(19(24)20(17)3)13-6-5-7-14(10-13)22(25)26/h5-10,17H,1-4H3/t17-/m0/s1. The lowest BCUT2D eigenvalue weighted by atomic mass is 9.98. The average Bonchev–Trinajstić information content (AvgIpc) is 3.10. The zero-order valence-electron chi connectivity index (χ0n) is 15.8. The van der Waals surface area contributed by atoms with Crippen LogP contribution in [-0.2, 0) is 9.53 Å². The van der Waals surface area contributed by atoms with Gasteiger partial charge in [0.25, 0.3) is 5.69 Å². The van der Waals surface area contributed by atoms with Gasteiger partial charge in [0, 0.05) is 34.6 Å². The molecule has 2 heterocycles. The molecule has 1 aromatic carbocycles. The van der Waals surface area contributed by atoms with Gasteiger partial charge in [-0.25, -0.2) is 9.59 Å². The maximum atomic E-state index is 13.2. The Hall–Kier alpha value is -3.20. The van der Waals surface area contributed by atoms with Crippen LogP contribution in [0.15, 0.2) is 47.7 Å². The van der Waals surface area contributed by atoms with Gasteiger partial charge < -0.3 is 9.64 Å². The van der Waals surface area contributed by atoms with E-state index < -0.39 is 16.9 Å². The number of allylic oxidation sites excluding steroid dienone is 1. The summed E-state index contributed by atoms with van der Waals surface area (Å²) < 4.78 is 4.98. The molecule has 3 rings (SSSR count). The lowest BCUT2D eigenvalue weighted by Crippen LogP contribution is -2.49. The number of ether oxygens (including phenoxy) is 1. The highest BCUT2D eigenvalue weighted by atomic mass is 32.1. The Labute approximate surface area is 165 Å². The van der Waals surface area contributed by atoms with Crippen molar-refractivity contribution in [2.24, 2.45) is 0 Å². The van der Waals surface area contributed by atoms with Crippen LogP contribution in [0.5, 0.6) is 0 Å². The van der Waals surface area contributed by atoms with Crippen molar-refractivity contribution in [3.8, 4) is 0 Å². The first-order valence-electron chi connectivity index (χ1n) is 8.43. The topological polar surface area (TPSA) is 93.0 Å². The fraction of sp³-hybridized carbons (Fsp3) is 0.263. The van der Waals surface area contributed by atoms with Crippen LogP contribution in [0.1, 0.15) is 22.7 Å². The number of carbonyl (C=O) groups excluding carboxylic acids is 2. The molecular formula is C19H19N3O5S. The van der Waals surface area contributed by atoms with Gasteiger partial charge in [-0.3, -0.25) is 15.0 Å². The third-order valence-electron chi connectivity index (χ3n) is 4.61. The molecule has 9 heteroatoms. The van der Waals surface area contributed by atoms with Crippen molar-refractivity contribution in [1.29, 1.82) is 0 Å². The van der Waals surface area contributed by atoms with Crippen molar-refractivity contribution in [2.75, 3.05) is 19.1 Å². The number of benzene rings is 1. The molecule has 146 valence electrons. The Morgan fingerprint density at radius 3 is 2.54 bits per heavy atom. The summed E-state index contributed by atoms with van der Waals surface area (Å²) in [7, 11) is 2.88. The van der Waals surface area contributed by atoms with Gasteiger partial charge in [-0.15, -0.1) is 11.3 Å². The van der Waals surface area contributed by atoms with Gasteiger partial charge in [-0.2, -0.15) is 0 Å². The molecule has 8 nitrogen and oxygen atoms in total. The molecule has 0 saturated heterocycles. The van der Waals surface area contributed by atoms with E-state index in [4.69, 9.17) is 4.74 Å². The average molecular weight is 401 g/mol. The van der Waals surface area contributed by atoms with Gasteiger partial charge >= 0.3 is 12.0 Å². The number of thiophene rings is 1. The highest BCUT2D eigenvalue weighted by molar-refractivity contribution is 7.12. The molecule has 1 atom stereocenters. The molecule has 2 aromatic rings. The van der Waals surface area contributed by atoms with Gasteiger partial charge in [-0.05, 0) is 32.0 Å². The predicted octanol–water partition coefficient (Wildman–Crippen LogP) is 4.02.